The highest BCUT2D eigenvalue weighted by molar-refractivity contribution is 7.91. The van der Waals surface area contributed by atoms with Crippen molar-refractivity contribution in [2.45, 2.75) is 13.0 Å². The smallest absolute Gasteiger partial charge is 0.176 e. The van der Waals surface area contributed by atoms with E-state index in [0.29, 0.717) is 24.6 Å². The van der Waals surface area contributed by atoms with Gasteiger partial charge in [0.15, 0.2) is 21.2 Å². The van der Waals surface area contributed by atoms with E-state index in [-0.39, 0.29) is 5.92 Å². The van der Waals surface area contributed by atoms with Crippen molar-refractivity contribution >= 4 is 20.8 Å². The molecule has 1 N–H and O–H groups in total. The van der Waals surface area contributed by atoms with E-state index in [4.69, 9.17) is 9.15 Å². The molecule has 6 heteroatoms. The van der Waals surface area contributed by atoms with Crippen molar-refractivity contribution in [2.24, 2.45) is 5.92 Å². The molecule has 3 rings (SSSR count). The van der Waals surface area contributed by atoms with Crippen molar-refractivity contribution in [3.8, 4) is 5.75 Å². The van der Waals surface area contributed by atoms with Crippen molar-refractivity contribution in [3.05, 3.63) is 30.0 Å². The van der Waals surface area contributed by atoms with Gasteiger partial charge in [0.1, 0.15) is 5.76 Å². The van der Waals surface area contributed by atoms with E-state index < -0.39 is 9.84 Å². The number of furan rings is 1. The molecule has 1 aromatic carbocycles. The predicted octanol–water partition coefficient (Wildman–Crippen LogP) is 1.97. The van der Waals surface area contributed by atoms with Gasteiger partial charge in [0.05, 0.1) is 25.2 Å². The molecule has 1 aliphatic heterocycles. The Bertz CT molecular complexity index is 735. The van der Waals surface area contributed by atoms with Crippen LogP contribution in [0.4, 0.5) is 0 Å². The molecule has 1 unspecified atom stereocenters. The zero-order valence-corrected chi connectivity index (χ0v) is 12.8. The first-order valence-electron chi connectivity index (χ1n) is 7.04. The first-order valence-corrected chi connectivity index (χ1v) is 8.86. The van der Waals surface area contributed by atoms with Crippen LogP contribution in [-0.4, -0.2) is 33.6 Å². The summed E-state index contributed by atoms with van der Waals surface area (Å²) in [7, 11) is -1.18. The molecule has 114 valence electrons. The number of sulfone groups is 1. The van der Waals surface area contributed by atoms with Gasteiger partial charge < -0.3 is 14.5 Å². The molecule has 2 aromatic rings. The molecule has 0 radical (unpaired) electrons. The van der Waals surface area contributed by atoms with Gasteiger partial charge in [-0.3, -0.25) is 0 Å². The fraction of sp³-hybridized carbons (Fsp3) is 0.467. The van der Waals surface area contributed by atoms with E-state index in [9.17, 15) is 8.42 Å². The summed E-state index contributed by atoms with van der Waals surface area (Å²) < 4.78 is 33.9. The summed E-state index contributed by atoms with van der Waals surface area (Å²) in [5.41, 5.74) is 0.750. The maximum absolute atomic E-state index is 11.4. The summed E-state index contributed by atoms with van der Waals surface area (Å²) in [6.07, 6.45) is 0.753. The quantitative estimate of drug-likeness (QED) is 0.914. The summed E-state index contributed by atoms with van der Waals surface area (Å²) in [5, 5.41) is 4.29. The third-order valence-electron chi connectivity index (χ3n) is 3.84. The van der Waals surface area contributed by atoms with Crippen molar-refractivity contribution in [1.82, 2.24) is 5.32 Å². The molecule has 0 aliphatic carbocycles. The monoisotopic (exact) mass is 309 g/mol. The predicted molar refractivity (Wildman–Crippen MR) is 81.2 cm³/mol. The van der Waals surface area contributed by atoms with Crippen LogP contribution in [0.2, 0.25) is 0 Å². The van der Waals surface area contributed by atoms with Gasteiger partial charge >= 0.3 is 0 Å². The van der Waals surface area contributed by atoms with Crippen LogP contribution in [0.25, 0.3) is 11.0 Å². The molecule has 1 fully saturated rings. The molecule has 21 heavy (non-hydrogen) atoms. The standard InChI is InChI=1S/C15H19NO4S/c1-19-14-4-2-3-12-7-13(20-15(12)14)9-16-8-11-5-6-21(17,18)10-11/h2-4,7,11,16H,5-6,8-10H2,1H3. The lowest BCUT2D eigenvalue weighted by atomic mass is 10.1. The number of hydrogen-bond donors (Lipinski definition) is 1. The van der Waals surface area contributed by atoms with Gasteiger partial charge in [-0.05, 0) is 31.0 Å². The lowest BCUT2D eigenvalue weighted by Crippen LogP contribution is -2.23. The molecular formula is C15H19NO4S. The van der Waals surface area contributed by atoms with E-state index >= 15 is 0 Å². The molecule has 1 atom stereocenters. The van der Waals surface area contributed by atoms with E-state index in [0.717, 1.165) is 28.9 Å². The largest absolute Gasteiger partial charge is 0.493 e. The van der Waals surface area contributed by atoms with Crippen LogP contribution in [0.5, 0.6) is 5.75 Å². The van der Waals surface area contributed by atoms with E-state index in [1.807, 2.05) is 24.3 Å². The minimum absolute atomic E-state index is 0.217. The molecular weight excluding hydrogens is 290 g/mol. The van der Waals surface area contributed by atoms with Crippen molar-refractivity contribution in [2.75, 3.05) is 25.2 Å². The van der Waals surface area contributed by atoms with Crippen molar-refractivity contribution < 1.29 is 17.6 Å². The molecule has 0 spiro atoms. The molecule has 1 aromatic heterocycles. The Morgan fingerprint density at radius 1 is 1.43 bits per heavy atom. The third kappa shape index (κ3) is 3.22. The Kier molecular flexibility index (Phi) is 3.91. The minimum atomic E-state index is -2.80. The summed E-state index contributed by atoms with van der Waals surface area (Å²) in [6, 6.07) is 7.76. The van der Waals surface area contributed by atoms with Crippen LogP contribution in [-0.2, 0) is 16.4 Å². The average Bonchev–Trinajstić information content (AvgIpc) is 3.01. The number of benzene rings is 1. The second-order valence-electron chi connectivity index (χ2n) is 5.49. The van der Waals surface area contributed by atoms with Crippen LogP contribution in [0.15, 0.2) is 28.7 Å². The summed E-state index contributed by atoms with van der Waals surface area (Å²) in [5.74, 6) is 2.39. The normalized spacial score (nSPS) is 20.9. The fourth-order valence-corrected chi connectivity index (χ4v) is 4.63. The van der Waals surface area contributed by atoms with Gasteiger partial charge in [-0.2, -0.15) is 0 Å². The zero-order valence-electron chi connectivity index (χ0n) is 12.0. The lowest BCUT2D eigenvalue weighted by Gasteiger charge is -2.07. The SMILES string of the molecule is COc1cccc2cc(CNCC3CCS(=O)(=O)C3)oc12. The van der Waals surface area contributed by atoms with Crippen LogP contribution in [0, 0.1) is 5.92 Å². The molecule has 0 saturated carbocycles. The number of hydrogen-bond acceptors (Lipinski definition) is 5. The average molecular weight is 309 g/mol. The van der Waals surface area contributed by atoms with Crippen LogP contribution < -0.4 is 10.1 Å². The summed E-state index contributed by atoms with van der Waals surface area (Å²) in [4.78, 5) is 0. The number of rotatable bonds is 5. The van der Waals surface area contributed by atoms with Gasteiger partial charge in [0, 0.05) is 5.39 Å². The number of nitrogens with one attached hydrogen (secondary N) is 1. The molecule has 5 nitrogen and oxygen atoms in total. The Hall–Kier alpha value is -1.53. The topological polar surface area (TPSA) is 68.5 Å². The Morgan fingerprint density at radius 3 is 3.00 bits per heavy atom. The highest BCUT2D eigenvalue weighted by Gasteiger charge is 2.27. The Balaban J connectivity index is 1.61. The van der Waals surface area contributed by atoms with Gasteiger partial charge in [-0.25, -0.2) is 8.42 Å². The van der Waals surface area contributed by atoms with Crippen molar-refractivity contribution in [3.63, 3.8) is 0 Å². The summed E-state index contributed by atoms with van der Waals surface area (Å²) in [6.45, 7) is 1.29. The molecule has 0 amide bonds. The second-order valence-corrected chi connectivity index (χ2v) is 7.72. The number of para-hydroxylation sites is 1. The first-order chi connectivity index (χ1) is 10.1. The second kappa shape index (κ2) is 5.69. The maximum Gasteiger partial charge on any atom is 0.176 e. The fourth-order valence-electron chi connectivity index (χ4n) is 2.77. The Labute approximate surface area is 124 Å². The van der Waals surface area contributed by atoms with Gasteiger partial charge in [0.2, 0.25) is 0 Å². The van der Waals surface area contributed by atoms with Crippen LogP contribution >= 0.6 is 0 Å². The molecule has 1 saturated heterocycles. The van der Waals surface area contributed by atoms with E-state index in [1.165, 1.54) is 0 Å². The van der Waals surface area contributed by atoms with Gasteiger partial charge in [0.25, 0.3) is 0 Å². The highest BCUT2D eigenvalue weighted by atomic mass is 32.2. The maximum atomic E-state index is 11.4. The van der Waals surface area contributed by atoms with Gasteiger partial charge in [-0.1, -0.05) is 12.1 Å². The minimum Gasteiger partial charge on any atom is -0.493 e. The lowest BCUT2D eigenvalue weighted by molar-refractivity contribution is 0.405. The van der Waals surface area contributed by atoms with Gasteiger partial charge in [-0.15, -0.1) is 0 Å². The van der Waals surface area contributed by atoms with E-state index in [1.54, 1.807) is 7.11 Å². The van der Waals surface area contributed by atoms with E-state index in [2.05, 4.69) is 5.32 Å². The highest BCUT2D eigenvalue weighted by Crippen LogP contribution is 2.28. The molecule has 2 heterocycles. The zero-order chi connectivity index (χ0) is 14.9. The molecule has 1 aliphatic rings. The third-order valence-corrected chi connectivity index (χ3v) is 5.67. The number of ether oxygens (including phenoxy) is 1. The summed E-state index contributed by atoms with van der Waals surface area (Å²) >= 11 is 0. The first kappa shape index (κ1) is 14.4. The molecule has 0 bridgehead atoms. The van der Waals surface area contributed by atoms with Crippen LogP contribution in [0.3, 0.4) is 0 Å². The number of methoxy groups -OCH3 is 1. The number of fused-ring (bicyclic) bond motifs is 1. The van der Waals surface area contributed by atoms with Crippen LogP contribution in [0.1, 0.15) is 12.2 Å². The Morgan fingerprint density at radius 2 is 2.29 bits per heavy atom. The van der Waals surface area contributed by atoms with Crippen molar-refractivity contribution in [1.29, 1.82) is 0 Å².